The van der Waals surface area contributed by atoms with Gasteiger partial charge < -0.3 is 9.72 Å². The molecule has 0 aliphatic carbocycles. The van der Waals surface area contributed by atoms with Gasteiger partial charge in [-0.15, -0.1) is 0 Å². The molecule has 1 N–H and O–H groups in total. The van der Waals surface area contributed by atoms with Gasteiger partial charge >= 0.3 is 0 Å². The molecule has 1 heterocycles. The maximum atomic E-state index is 12.4. The van der Waals surface area contributed by atoms with E-state index in [1.165, 1.54) is 6.92 Å². The number of ether oxygens (including phenoxy) is 1. The number of hydrogen-bond acceptors (Lipinski definition) is 3. The maximum Gasteiger partial charge on any atom is 0.216 e. The molecule has 3 aromatic rings. The molecule has 0 saturated carbocycles. The van der Waals surface area contributed by atoms with Crippen LogP contribution in [0.2, 0.25) is 0 Å². The Kier molecular flexibility index (Phi) is 5.03. The largest absolute Gasteiger partial charge is 0.485 e. The minimum atomic E-state index is -0.176. The van der Waals surface area contributed by atoms with Crippen LogP contribution in [-0.4, -0.2) is 23.2 Å². The van der Waals surface area contributed by atoms with Gasteiger partial charge in [0, 0.05) is 11.3 Å². The molecule has 0 atom stereocenters. The van der Waals surface area contributed by atoms with Crippen molar-refractivity contribution >= 4 is 11.6 Å². The van der Waals surface area contributed by atoms with Crippen LogP contribution in [0.25, 0.3) is 11.1 Å². The Hall–Kier alpha value is -3.14. The second kappa shape index (κ2) is 7.40. The van der Waals surface area contributed by atoms with Crippen LogP contribution in [0, 0.1) is 13.8 Å². The zero-order chi connectivity index (χ0) is 18.7. The highest BCUT2D eigenvalue weighted by Gasteiger charge is 2.20. The van der Waals surface area contributed by atoms with Crippen molar-refractivity contribution in [2.75, 3.05) is 6.61 Å². The van der Waals surface area contributed by atoms with Crippen LogP contribution in [0.5, 0.6) is 5.75 Å². The lowest BCUT2D eigenvalue weighted by molar-refractivity contribution is 0.0916. The molecular weight excluding hydrogens is 326 g/mol. The topological polar surface area (TPSA) is 59.2 Å². The molecule has 0 saturated heterocycles. The van der Waals surface area contributed by atoms with Gasteiger partial charge in [0.25, 0.3) is 0 Å². The van der Waals surface area contributed by atoms with E-state index in [1.54, 1.807) is 13.8 Å². The number of nitrogens with one attached hydrogen (secondary N) is 1. The summed E-state index contributed by atoms with van der Waals surface area (Å²) in [7, 11) is 0. The van der Waals surface area contributed by atoms with Crippen LogP contribution in [0.3, 0.4) is 0 Å². The predicted molar refractivity (Wildman–Crippen MR) is 102 cm³/mol. The summed E-state index contributed by atoms with van der Waals surface area (Å²) in [6.45, 7) is 5.00. The molecule has 0 unspecified atom stereocenters. The summed E-state index contributed by atoms with van der Waals surface area (Å²) < 4.78 is 5.62. The van der Waals surface area contributed by atoms with Crippen molar-refractivity contribution in [3.8, 4) is 16.9 Å². The van der Waals surface area contributed by atoms with Gasteiger partial charge in [0.05, 0.1) is 5.69 Å². The molecule has 0 bridgehead atoms. The molecule has 0 spiro atoms. The third kappa shape index (κ3) is 3.59. The Bertz CT molecular complexity index is 938. The van der Waals surface area contributed by atoms with E-state index in [4.69, 9.17) is 4.74 Å². The highest BCUT2D eigenvalue weighted by Crippen LogP contribution is 2.23. The third-order valence-electron chi connectivity index (χ3n) is 4.40. The summed E-state index contributed by atoms with van der Waals surface area (Å²) in [5, 5.41) is 0. The fraction of sp³-hybridized carbons (Fsp3) is 0.182. The molecule has 26 heavy (non-hydrogen) atoms. The van der Waals surface area contributed by atoms with Gasteiger partial charge in [-0.1, -0.05) is 42.5 Å². The first kappa shape index (κ1) is 17.7. The summed E-state index contributed by atoms with van der Waals surface area (Å²) in [6.07, 6.45) is 0. The number of ketones is 2. The molecule has 2 aromatic carbocycles. The fourth-order valence-corrected chi connectivity index (χ4v) is 3.15. The lowest BCUT2D eigenvalue weighted by atomic mass is 10.1. The zero-order valence-electron chi connectivity index (χ0n) is 15.1. The predicted octanol–water partition coefficient (Wildman–Crippen LogP) is 4.76. The van der Waals surface area contributed by atoms with Gasteiger partial charge in [0.1, 0.15) is 5.75 Å². The number of aryl methyl sites for hydroxylation is 1. The highest BCUT2D eigenvalue weighted by molar-refractivity contribution is 6.03. The summed E-state index contributed by atoms with van der Waals surface area (Å²) in [4.78, 5) is 27.1. The van der Waals surface area contributed by atoms with Crippen molar-refractivity contribution in [3.63, 3.8) is 0 Å². The van der Waals surface area contributed by atoms with E-state index in [0.29, 0.717) is 28.3 Å². The van der Waals surface area contributed by atoms with Crippen molar-refractivity contribution in [2.45, 2.75) is 20.8 Å². The van der Waals surface area contributed by atoms with Crippen molar-refractivity contribution in [1.29, 1.82) is 0 Å². The molecule has 4 nitrogen and oxygen atoms in total. The number of carbonyl (C=O) groups excluding carboxylic acids is 2. The lowest BCUT2D eigenvalue weighted by Gasteiger charge is -2.07. The second-order valence-corrected chi connectivity index (χ2v) is 6.28. The molecule has 0 amide bonds. The first-order chi connectivity index (χ1) is 12.5. The summed E-state index contributed by atoms with van der Waals surface area (Å²) in [5.41, 5.74) is 4.64. The Morgan fingerprint density at radius 3 is 2.12 bits per heavy atom. The van der Waals surface area contributed by atoms with Crippen molar-refractivity contribution in [2.24, 2.45) is 0 Å². The van der Waals surface area contributed by atoms with Crippen LogP contribution < -0.4 is 4.74 Å². The molecule has 0 aliphatic rings. The average molecular weight is 347 g/mol. The van der Waals surface area contributed by atoms with E-state index >= 15 is 0 Å². The number of carbonyl (C=O) groups is 2. The fourth-order valence-electron chi connectivity index (χ4n) is 3.15. The van der Waals surface area contributed by atoms with Crippen molar-refractivity contribution in [1.82, 2.24) is 4.98 Å². The zero-order valence-corrected chi connectivity index (χ0v) is 15.1. The Labute approximate surface area is 152 Å². The smallest absolute Gasteiger partial charge is 0.216 e. The van der Waals surface area contributed by atoms with Crippen LogP contribution >= 0.6 is 0 Å². The normalized spacial score (nSPS) is 10.6. The van der Waals surface area contributed by atoms with Gasteiger partial charge in [-0.25, -0.2) is 0 Å². The molecule has 3 rings (SSSR count). The summed E-state index contributed by atoms with van der Waals surface area (Å²) in [6, 6.07) is 17.7. The Morgan fingerprint density at radius 2 is 1.54 bits per heavy atom. The van der Waals surface area contributed by atoms with Gasteiger partial charge in [0.2, 0.25) is 5.78 Å². The van der Waals surface area contributed by atoms with Crippen molar-refractivity contribution < 1.29 is 14.3 Å². The van der Waals surface area contributed by atoms with E-state index in [1.807, 2.05) is 54.6 Å². The Morgan fingerprint density at radius 1 is 0.923 bits per heavy atom. The number of hydrogen-bond donors (Lipinski definition) is 1. The average Bonchev–Trinajstić information content (AvgIpc) is 2.95. The molecule has 4 heteroatoms. The molecule has 1 aromatic heterocycles. The molecule has 0 aliphatic heterocycles. The molecule has 0 fully saturated rings. The van der Waals surface area contributed by atoms with Gasteiger partial charge in [-0.2, -0.15) is 0 Å². The van der Waals surface area contributed by atoms with Crippen molar-refractivity contribution in [3.05, 3.63) is 77.1 Å². The highest BCUT2D eigenvalue weighted by atomic mass is 16.5. The number of aromatic amines is 1. The summed E-state index contributed by atoms with van der Waals surface area (Å²) >= 11 is 0. The SMILES string of the molecule is CC(=O)c1c(C)[nH]c(C(=O)COc2ccc(-c3ccccc3)cc2)c1C. The van der Waals surface area contributed by atoms with E-state index in [9.17, 15) is 9.59 Å². The molecule has 132 valence electrons. The van der Waals surface area contributed by atoms with Crippen LogP contribution in [-0.2, 0) is 0 Å². The number of H-pyrrole nitrogens is 1. The number of aromatic nitrogens is 1. The van der Waals surface area contributed by atoms with Crippen LogP contribution in [0.15, 0.2) is 54.6 Å². The first-order valence-corrected chi connectivity index (χ1v) is 8.49. The van der Waals surface area contributed by atoms with Gasteiger partial charge in [0.15, 0.2) is 12.4 Å². The minimum Gasteiger partial charge on any atom is -0.485 e. The third-order valence-corrected chi connectivity index (χ3v) is 4.40. The number of benzene rings is 2. The minimum absolute atomic E-state index is 0.0484. The Balaban J connectivity index is 1.69. The monoisotopic (exact) mass is 347 g/mol. The standard InChI is InChI=1S/C22H21NO3/c1-14-21(16(3)24)15(2)23-22(14)20(25)13-26-19-11-9-18(10-12-19)17-7-5-4-6-8-17/h4-12,23H,13H2,1-3H3. The number of Topliss-reactive ketones (excluding diaryl/α,β-unsaturated/α-hetero) is 2. The second-order valence-electron chi connectivity index (χ2n) is 6.28. The van der Waals surface area contributed by atoms with E-state index in [-0.39, 0.29) is 18.2 Å². The van der Waals surface area contributed by atoms with E-state index in [2.05, 4.69) is 4.98 Å². The van der Waals surface area contributed by atoms with Crippen LogP contribution in [0.4, 0.5) is 0 Å². The van der Waals surface area contributed by atoms with E-state index in [0.717, 1.165) is 11.1 Å². The maximum absolute atomic E-state index is 12.4. The molecule has 0 radical (unpaired) electrons. The summed E-state index contributed by atoms with van der Waals surface area (Å²) in [5.74, 6) is 0.406. The lowest BCUT2D eigenvalue weighted by Crippen LogP contribution is -2.13. The van der Waals surface area contributed by atoms with Crippen LogP contribution in [0.1, 0.15) is 39.0 Å². The van der Waals surface area contributed by atoms with E-state index < -0.39 is 0 Å². The first-order valence-electron chi connectivity index (χ1n) is 8.49. The quantitative estimate of drug-likeness (QED) is 0.654. The molecular formula is C22H21NO3. The van der Waals surface area contributed by atoms with Gasteiger partial charge in [-0.3, -0.25) is 9.59 Å². The number of rotatable bonds is 6. The van der Waals surface area contributed by atoms with Gasteiger partial charge in [-0.05, 0) is 49.6 Å².